The SMILES string of the molecule is Cc1nn(-c2ccc(N3CCOCC3)nn2)c(C)c1CCC(=O)NCCN1CCOCC1. The number of hydrogen-bond donors (Lipinski definition) is 1. The fourth-order valence-corrected chi connectivity index (χ4v) is 4.16. The molecule has 32 heavy (non-hydrogen) atoms. The van der Waals surface area contributed by atoms with Crippen LogP contribution in [0, 0.1) is 13.8 Å². The summed E-state index contributed by atoms with van der Waals surface area (Å²) in [6.07, 6.45) is 1.10. The van der Waals surface area contributed by atoms with Gasteiger partial charge in [-0.25, -0.2) is 4.68 Å². The summed E-state index contributed by atoms with van der Waals surface area (Å²) < 4.78 is 12.6. The van der Waals surface area contributed by atoms with Crippen molar-refractivity contribution in [1.29, 1.82) is 0 Å². The number of hydrogen-bond acceptors (Lipinski definition) is 8. The Hall–Kier alpha value is -2.56. The quantitative estimate of drug-likeness (QED) is 0.630. The van der Waals surface area contributed by atoms with Crippen molar-refractivity contribution in [2.75, 3.05) is 70.6 Å². The smallest absolute Gasteiger partial charge is 0.220 e. The van der Waals surface area contributed by atoms with Crippen LogP contribution in [0.1, 0.15) is 23.4 Å². The second-order valence-corrected chi connectivity index (χ2v) is 8.21. The second kappa shape index (κ2) is 10.8. The van der Waals surface area contributed by atoms with Crippen LogP contribution in [0.15, 0.2) is 12.1 Å². The zero-order valence-electron chi connectivity index (χ0n) is 19.0. The molecule has 1 N–H and O–H groups in total. The largest absolute Gasteiger partial charge is 0.379 e. The van der Waals surface area contributed by atoms with E-state index in [1.54, 1.807) is 0 Å². The van der Waals surface area contributed by atoms with Crippen molar-refractivity contribution in [1.82, 2.24) is 30.2 Å². The Bertz CT molecular complexity index is 888. The number of amides is 1. The molecule has 4 rings (SSSR count). The Morgan fingerprint density at radius 2 is 1.66 bits per heavy atom. The van der Waals surface area contributed by atoms with Gasteiger partial charge in [-0.05, 0) is 38.0 Å². The van der Waals surface area contributed by atoms with Gasteiger partial charge in [0, 0.05) is 51.4 Å². The van der Waals surface area contributed by atoms with Crippen molar-refractivity contribution in [3.63, 3.8) is 0 Å². The molecule has 10 nitrogen and oxygen atoms in total. The average Bonchev–Trinajstić information content (AvgIpc) is 3.12. The molecule has 0 radical (unpaired) electrons. The minimum atomic E-state index is 0.0689. The highest BCUT2D eigenvalue weighted by atomic mass is 16.5. The number of morpholine rings is 2. The molecule has 1 amide bonds. The predicted octanol–water partition coefficient (Wildman–Crippen LogP) is 0.497. The van der Waals surface area contributed by atoms with E-state index in [4.69, 9.17) is 9.47 Å². The molecule has 174 valence electrons. The summed E-state index contributed by atoms with van der Waals surface area (Å²) in [5, 5.41) is 16.5. The molecular weight excluding hydrogens is 410 g/mol. The molecule has 0 atom stereocenters. The minimum absolute atomic E-state index is 0.0689. The van der Waals surface area contributed by atoms with Gasteiger partial charge in [-0.3, -0.25) is 9.69 Å². The van der Waals surface area contributed by atoms with Gasteiger partial charge < -0.3 is 19.7 Å². The van der Waals surface area contributed by atoms with Gasteiger partial charge in [0.05, 0.1) is 32.1 Å². The van der Waals surface area contributed by atoms with Crippen molar-refractivity contribution < 1.29 is 14.3 Å². The molecule has 2 aliphatic rings. The van der Waals surface area contributed by atoms with Crippen LogP contribution in [-0.2, 0) is 20.7 Å². The molecule has 2 aliphatic heterocycles. The van der Waals surface area contributed by atoms with E-state index >= 15 is 0 Å². The maximum Gasteiger partial charge on any atom is 0.220 e. The Morgan fingerprint density at radius 3 is 2.34 bits per heavy atom. The van der Waals surface area contributed by atoms with Crippen LogP contribution in [0.4, 0.5) is 5.82 Å². The normalized spacial score (nSPS) is 17.5. The number of nitrogens with one attached hydrogen (secondary N) is 1. The van der Waals surface area contributed by atoms with Crippen molar-refractivity contribution >= 4 is 11.7 Å². The number of nitrogens with zero attached hydrogens (tertiary/aromatic N) is 6. The average molecular weight is 444 g/mol. The van der Waals surface area contributed by atoms with Crippen molar-refractivity contribution in [3.8, 4) is 5.82 Å². The third-order valence-corrected chi connectivity index (χ3v) is 6.09. The first kappa shape index (κ1) is 22.6. The summed E-state index contributed by atoms with van der Waals surface area (Å²) >= 11 is 0. The van der Waals surface area contributed by atoms with E-state index in [1.807, 2.05) is 30.7 Å². The van der Waals surface area contributed by atoms with Crippen molar-refractivity contribution in [3.05, 3.63) is 29.1 Å². The summed E-state index contributed by atoms with van der Waals surface area (Å²) in [4.78, 5) is 16.8. The standard InChI is InChI=1S/C22H33N7O3/c1-17-19(3-6-22(30)23-7-8-27-9-13-31-14-10-27)18(2)29(26-17)21-5-4-20(24-25-21)28-11-15-32-16-12-28/h4-5H,3,6-16H2,1-2H3,(H,23,30). The van der Waals surface area contributed by atoms with Crippen LogP contribution in [-0.4, -0.2) is 96.5 Å². The maximum atomic E-state index is 12.3. The summed E-state index contributed by atoms with van der Waals surface area (Å²) in [5.74, 6) is 1.61. The molecule has 2 saturated heterocycles. The topological polar surface area (TPSA) is 97.6 Å². The van der Waals surface area contributed by atoms with Crippen LogP contribution in [0.5, 0.6) is 0 Å². The van der Waals surface area contributed by atoms with Crippen LogP contribution >= 0.6 is 0 Å². The first-order valence-corrected chi connectivity index (χ1v) is 11.4. The van der Waals surface area contributed by atoms with Crippen LogP contribution in [0.2, 0.25) is 0 Å². The van der Waals surface area contributed by atoms with Gasteiger partial charge >= 0.3 is 0 Å². The molecule has 0 aliphatic carbocycles. The fourth-order valence-electron chi connectivity index (χ4n) is 4.16. The highest BCUT2D eigenvalue weighted by Gasteiger charge is 2.17. The van der Waals surface area contributed by atoms with Gasteiger partial charge in [0.2, 0.25) is 5.91 Å². The molecule has 10 heteroatoms. The number of ether oxygens (including phenoxy) is 2. The summed E-state index contributed by atoms with van der Waals surface area (Å²) in [6.45, 7) is 12.0. The van der Waals surface area contributed by atoms with Gasteiger partial charge in [-0.2, -0.15) is 5.10 Å². The lowest BCUT2D eigenvalue weighted by molar-refractivity contribution is -0.121. The zero-order valence-corrected chi connectivity index (χ0v) is 19.0. The first-order valence-electron chi connectivity index (χ1n) is 11.4. The Morgan fingerprint density at radius 1 is 1.00 bits per heavy atom. The van der Waals surface area contributed by atoms with E-state index in [-0.39, 0.29) is 5.91 Å². The van der Waals surface area contributed by atoms with Crippen LogP contribution < -0.4 is 10.2 Å². The molecule has 0 aromatic carbocycles. The van der Waals surface area contributed by atoms with Gasteiger partial charge in [-0.15, -0.1) is 10.2 Å². The lowest BCUT2D eigenvalue weighted by Gasteiger charge is -2.27. The first-order chi connectivity index (χ1) is 15.6. The molecule has 0 unspecified atom stereocenters. The number of carbonyl (C=O) groups excluding carboxylic acids is 1. The van der Waals surface area contributed by atoms with E-state index in [2.05, 4.69) is 30.4 Å². The molecule has 2 aromatic heterocycles. The van der Waals surface area contributed by atoms with Crippen molar-refractivity contribution in [2.24, 2.45) is 0 Å². The third kappa shape index (κ3) is 5.62. The number of carbonyl (C=O) groups is 1. The minimum Gasteiger partial charge on any atom is -0.379 e. The fraction of sp³-hybridized carbons (Fsp3) is 0.636. The predicted molar refractivity (Wildman–Crippen MR) is 120 cm³/mol. The summed E-state index contributed by atoms with van der Waals surface area (Å²) in [6, 6.07) is 3.92. The van der Waals surface area contributed by atoms with Gasteiger partial charge in [-0.1, -0.05) is 0 Å². The van der Waals surface area contributed by atoms with E-state index in [1.165, 1.54) is 0 Å². The van der Waals surface area contributed by atoms with Gasteiger partial charge in [0.15, 0.2) is 11.6 Å². The monoisotopic (exact) mass is 443 g/mol. The van der Waals surface area contributed by atoms with E-state index in [0.717, 1.165) is 68.7 Å². The molecule has 0 bridgehead atoms. The number of aromatic nitrogens is 4. The summed E-state index contributed by atoms with van der Waals surface area (Å²) in [5.41, 5.74) is 3.01. The van der Waals surface area contributed by atoms with Gasteiger partial charge in [0.1, 0.15) is 0 Å². The van der Waals surface area contributed by atoms with E-state index < -0.39 is 0 Å². The Kier molecular flexibility index (Phi) is 7.67. The maximum absolute atomic E-state index is 12.3. The molecule has 2 fully saturated rings. The molecular formula is C22H33N7O3. The highest BCUT2D eigenvalue weighted by molar-refractivity contribution is 5.76. The highest BCUT2D eigenvalue weighted by Crippen LogP contribution is 2.19. The molecule has 0 spiro atoms. The lowest BCUT2D eigenvalue weighted by atomic mass is 10.1. The second-order valence-electron chi connectivity index (χ2n) is 8.21. The molecule has 0 saturated carbocycles. The Labute approximate surface area is 188 Å². The number of rotatable bonds is 8. The van der Waals surface area contributed by atoms with Crippen LogP contribution in [0.3, 0.4) is 0 Å². The number of anilines is 1. The van der Waals surface area contributed by atoms with Crippen LogP contribution in [0.25, 0.3) is 5.82 Å². The van der Waals surface area contributed by atoms with E-state index in [9.17, 15) is 4.79 Å². The Balaban J connectivity index is 1.30. The number of aryl methyl sites for hydroxylation is 1. The summed E-state index contributed by atoms with van der Waals surface area (Å²) in [7, 11) is 0. The van der Waals surface area contributed by atoms with Crippen molar-refractivity contribution in [2.45, 2.75) is 26.7 Å². The zero-order chi connectivity index (χ0) is 22.3. The lowest BCUT2D eigenvalue weighted by Crippen LogP contribution is -2.41. The van der Waals surface area contributed by atoms with E-state index in [0.29, 0.717) is 38.4 Å². The molecule has 2 aromatic rings. The van der Waals surface area contributed by atoms with Gasteiger partial charge in [0.25, 0.3) is 0 Å². The third-order valence-electron chi connectivity index (χ3n) is 6.09. The molecule has 4 heterocycles.